The molecule has 1 aliphatic rings. The lowest BCUT2D eigenvalue weighted by molar-refractivity contribution is -0.145. The average molecular weight is 518 g/mol. The lowest BCUT2D eigenvalue weighted by atomic mass is 9.88. The normalized spacial score (nSPS) is 20.0. The average Bonchev–Trinajstić information content (AvgIpc) is 2.73. The molecule has 0 aromatic carbocycles. The van der Waals surface area contributed by atoms with Crippen molar-refractivity contribution in [2.24, 2.45) is 0 Å². The summed E-state index contributed by atoms with van der Waals surface area (Å²) in [6, 6.07) is -0.906. The van der Waals surface area contributed by atoms with Crippen molar-refractivity contribution in [3.8, 4) is 0 Å². The number of amides is 1. The van der Waals surface area contributed by atoms with E-state index in [2.05, 4.69) is 39.2 Å². The summed E-state index contributed by atoms with van der Waals surface area (Å²) >= 11 is 1.30. The first kappa shape index (κ1) is 30.4. The number of carbonyl (C=O) groups is 3. The molecule has 0 bridgehead atoms. The van der Waals surface area contributed by atoms with Crippen LogP contribution in [0.2, 0.25) is 18.1 Å². The van der Waals surface area contributed by atoms with Crippen LogP contribution in [0.15, 0.2) is 22.8 Å². The highest BCUT2D eigenvalue weighted by Crippen LogP contribution is 2.45. The van der Waals surface area contributed by atoms with Crippen LogP contribution in [0, 0.1) is 0 Å². The van der Waals surface area contributed by atoms with Gasteiger partial charge in [-0.3, -0.25) is 4.79 Å². The minimum absolute atomic E-state index is 0.0919. The van der Waals surface area contributed by atoms with Gasteiger partial charge in [-0.15, -0.1) is 0 Å². The molecule has 0 aliphatic heterocycles. The molecular weight excluding hydrogens is 478 g/mol. The molecule has 0 heterocycles. The summed E-state index contributed by atoms with van der Waals surface area (Å²) in [4.78, 5) is 36.1. The van der Waals surface area contributed by atoms with Crippen molar-refractivity contribution in [2.45, 2.75) is 70.5 Å². The smallest absolute Gasteiger partial charge is 0.336 e. The van der Waals surface area contributed by atoms with Gasteiger partial charge < -0.3 is 29.4 Å². The van der Waals surface area contributed by atoms with E-state index in [0.29, 0.717) is 23.3 Å². The largest absolute Gasteiger partial charge is 0.478 e. The Hall–Kier alpha value is -1.66. The second kappa shape index (κ2) is 12.3. The highest BCUT2D eigenvalue weighted by atomic mass is 32.2. The molecule has 0 fully saturated rings. The van der Waals surface area contributed by atoms with Crippen LogP contribution in [0.25, 0.3) is 0 Å². The lowest BCUT2D eigenvalue weighted by Crippen LogP contribution is -2.52. The molecule has 1 amide bonds. The molecule has 3 N–H and O–H groups in total. The van der Waals surface area contributed by atoms with Crippen LogP contribution in [0.3, 0.4) is 0 Å². The molecule has 9 nitrogen and oxygen atoms in total. The van der Waals surface area contributed by atoms with Gasteiger partial charge in [-0.05, 0) is 36.2 Å². The minimum Gasteiger partial charge on any atom is -0.478 e. The van der Waals surface area contributed by atoms with Gasteiger partial charge in [0.05, 0.1) is 19.3 Å². The van der Waals surface area contributed by atoms with Crippen LogP contribution in [0.5, 0.6) is 0 Å². The first-order valence-electron chi connectivity index (χ1n) is 11.1. The summed E-state index contributed by atoms with van der Waals surface area (Å²) in [5, 5.41) is 21.4. The molecule has 0 aromatic heterocycles. The summed E-state index contributed by atoms with van der Waals surface area (Å²) in [6.07, 6.45) is 2.06. The molecule has 11 heteroatoms. The summed E-state index contributed by atoms with van der Waals surface area (Å²) in [7, 11) is 0.463. The van der Waals surface area contributed by atoms with Gasteiger partial charge >= 0.3 is 11.9 Å². The van der Waals surface area contributed by atoms with E-state index in [1.165, 1.54) is 26.0 Å². The predicted molar refractivity (Wildman–Crippen MR) is 134 cm³/mol. The molecule has 0 radical (unpaired) electrons. The Bertz CT molecular complexity index is 833. The van der Waals surface area contributed by atoms with E-state index in [-0.39, 0.29) is 29.4 Å². The molecule has 34 heavy (non-hydrogen) atoms. The molecule has 194 valence electrons. The highest BCUT2D eigenvalue weighted by Gasteiger charge is 2.48. The van der Waals surface area contributed by atoms with Gasteiger partial charge in [-0.1, -0.05) is 26.8 Å². The predicted octanol–water partition coefficient (Wildman–Crippen LogP) is 2.86. The third kappa shape index (κ3) is 7.42. The monoisotopic (exact) mass is 517 g/mol. The van der Waals surface area contributed by atoms with Gasteiger partial charge in [0.15, 0.2) is 14.1 Å². The molecule has 0 aromatic rings. The van der Waals surface area contributed by atoms with Crippen molar-refractivity contribution >= 4 is 37.9 Å². The van der Waals surface area contributed by atoms with Crippen LogP contribution in [-0.4, -0.2) is 80.5 Å². The minimum atomic E-state index is -2.29. The molecule has 0 saturated carbocycles. The quantitative estimate of drug-likeness (QED) is 0.203. The highest BCUT2D eigenvalue weighted by molar-refractivity contribution is 7.99. The number of ether oxygens (including phenoxy) is 2. The zero-order valence-corrected chi connectivity index (χ0v) is 23.3. The third-order valence-corrected chi connectivity index (χ3v) is 11.9. The molecule has 1 unspecified atom stereocenters. The third-order valence-electron chi connectivity index (χ3n) is 6.36. The topological polar surface area (TPSA) is 131 Å². The van der Waals surface area contributed by atoms with Gasteiger partial charge in [0.2, 0.25) is 5.91 Å². The number of aliphatic carboxylic acids is 1. The maximum atomic E-state index is 12.2. The Morgan fingerprint density at radius 1 is 1.26 bits per heavy atom. The van der Waals surface area contributed by atoms with Crippen molar-refractivity contribution in [3.05, 3.63) is 22.8 Å². The van der Waals surface area contributed by atoms with Gasteiger partial charge in [0.25, 0.3) is 0 Å². The number of aliphatic hydroxyl groups excluding tert-OH is 1. The SMILES string of the molecule is COC(=O)C(CSCC1=CC[C@@](OC)(O[Si](C)(C)C(C)(C)C)C(C)=C1C(=O)O)NC(=O)CCO. The maximum absolute atomic E-state index is 12.2. The van der Waals surface area contributed by atoms with Gasteiger partial charge in [0, 0.05) is 31.5 Å². The Balaban J connectivity index is 3.10. The number of aliphatic hydroxyl groups is 1. The summed E-state index contributed by atoms with van der Waals surface area (Å²) in [5.74, 6) is -2.82. The Kier molecular flexibility index (Phi) is 11.0. The fourth-order valence-corrected chi connectivity index (χ4v) is 5.81. The summed E-state index contributed by atoms with van der Waals surface area (Å²) in [5.41, 5.74) is 1.25. The first-order valence-corrected chi connectivity index (χ1v) is 15.2. The lowest BCUT2D eigenvalue weighted by Gasteiger charge is -2.46. The summed E-state index contributed by atoms with van der Waals surface area (Å²) < 4.78 is 17.2. The van der Waals surface area contributed by atoms with E-state index in [1.54, 1.807) is 6.92 Å². The molecule has 0 spiro atoms. The molecule has 1 aliphatic carbocycles. The second-order valence-corrected chi connectivity index (χ2v) is 15.4. The molecule has 2 atom stereocenters. The first-order chi connectivity index (χ1) is 15.7. The Morgan fingerprint density at radius 3 is 2.35 bits per heavy atom. The Morgan fingerprint density at radius 2 is 1.88 bits per heavy atom. The number of hydrogen-bond donors (Lipinski definition) is 3. The van der Waals surface area contributed by atoms with Crippen LogP contribution in [0.4, 0.5) is 0 Å². The number of carboxylic acids is 1. The zero-order valence-electron chi connectivity index (χ0n) is 21.4. The van der Waals surface area contributed by atoms with Crippen LogP contribution >= 0.6 is 11.8 Å². The number of nitrogens with one attached hydrogen (secondary N) is 1. The number of methoxy groups -OCH3 is 2. The van der Waals surface area contributed by atoms with E-state index >= 15 is 0 Å². The number of carboxylic acid groups (broad SMARTS) is 1. The van der Waals surface area contributed by atoms with E-state index in [9.17, 15) is 19.5 Å². The van der Waals surface area contributed by atoms with Crippen LogP contribution in [-0.2, 0) is 28.3 Å². The maximum Gasteiger partial charge on any atom is 0.336 e. The van der Waals surface area contributed by atoms with Crippen LogP contribution in [0.1, 0.15) is 40.5 Å². The number of esters is 1. The molecule has 1 rings (SSSR count). The van der Waals surface area contributed by atoms with E-state index in [0.717, 1.165) is 0 Å². The zero-order chi connectivity index (χ0) is 26.3. The van der Waals surface area contributed by atoms with E-state index in [1.807, 2.05) is 6.08 Å². The number of thioether (sulfide) groups is 1. The van der Waals surface area contributed by atoms with Gasteiger partial charge in [-0.25, -0.2) is 9.59 Å². The number of hydrogen-bond acceptors (Lipinski definition) is 8. The molecular formula is C23H39NO8SSi. The van der Waals surface area contributed by atoms with Crippen molar-refractivity contribution in [1.82, 2.24) is 5.32 Å². The van der Waals surface area contributed by atoms with Crippen molar-refractivity contribution in [2.75, 3.05) is 32.3 Å². The van der Waals surface area contributed by atoms with Crippen molar-refractivity contribution in [3.63, 3.8) is 0 Å². The second-order valence-electron chi connectivity index (χ2n) is 9.69. The summed E-state index contributed by atoms with van der Waals surface area (Å²) in [6.45, 7) is 11.9. The number of carbonyl (C=O) groups excluding carboxylic acids is 2. The van der Waals surface area contributed by atoms with Gasteiger partial charge in [0.1, 0.15) is 6.04 Å². The van der Waals surface area contributed by atoms with Crippen LogP contribution < -0.4 is 5.32 Å². The number of rotatable bonds is 12. The fraction of sp³-hybridized carbons (Fsp3) is 0.696. The Labute approximate surface area is 207 Å². The van der Waals surface area contributed by atoms with Crippen molar-refractivity contribution < 1.29 is 38.5 Å². The van der Waals surface area contributed by atoms with E-state index < -0.39 is 38.0 Å². The van der Waals surface area contributed by atoms with Gasteiger partial charge in [-0.2, -0.15) is 11.8 Å². The van der Waals surface area contributed by atoms with E-state index in [4.69, 9.17) is 19.0 Å². The standard InChI is InChI=1S/C23H39NO8SSi/c1-15-19(20(27)28)16(9-11-23(15,31-6)32-34(7,8)22(2,3)4)13-33-14-17(21(29)30-5)24-18(26)10-12-25/h9,17,25H,10-14H2,1-8H3,(H,24,26)(H,27,28)/t17?,23-/m1/s1. The van der Waals surface area contributed by atoms with Crippen molar-refractivity contribution in [1.29, 1.82) is 0 Å². The molecule has 0 saturated heterocycles. The fourth-order valence-electron chi connectivity index (χ4n) is 3.30.